The van der Waals surface area contributed by atoms with E-state index in [1.165, 1.54) is 11.8 Å². The molecule has 1 aliphatic rings. The van der Waals surface area contributed by atoms with Gasteiger partial charge in [0.1, 0.15) is 17.7 Å². The van der Waals surface area contributed by atoms with Crippen LogP contribution in [0.3, 0.4) is 0 Å². The van der Waals surface area contributed by atoms with Gasteiger partial charge in [-0.25, -0.2) is 4.79 Å². The maximum atomic E-state index is 12.8. The summed E-state index contributed by atoms with van der Waals surface area (Å²) in [6, 6.07) is 8.37. The third-order valence-corrected chi connectivity index (χ3v) is 4.59. The molecule has 148 valence electrons. The lowest BCUT2D eigenvalue weighted by atomic mass is 9.85. The fourth-order valence-corrected chi connectivity index (χ4v) is 3.16. The molecular weight excluding hydrogens is 346 g/mol. The van der Waals surface area contributed by atoms with Gasteiger partial charge >= 0.3 is 6.09 Å². The summed E-state index contributed by atoms with van der Waals surface area (Å²) < 4.78 is 5.47. The summed E-state index contributed by atoms with van der Waals surface area (Å²) in [5, 5.41) is 2.61. The quantitative estimate of drug-likeness (QED) is 0.842. The summed E-state index contributed by atoms with van der Waals surface area (Å²) in [6.45, 7) is 7.27. The van der Waals surface area contributed by atoms with Crippen molar-refractivity contribution in [1.82, 2.24) is 10.2 Å². The molecule has 0 saturated carbocycles. The van der Waals surface area contributed by atoms with Gasteiger partial charge in [-0.2, -0.15) is 0 Å². The number of likely N-dealkylation sites (tertiary alicyclic amines) is 1. The Hall–Kier alpha value is -2.57. The summed E-state index contributed by atoms with van der Waals surface area (Å²) in [4.78, 5) is 38.2. The van der Waals surface area contributed by atoms with Crippen molar-refractivity contribution in [3.8, 4) is 0 Å². The van der Waals surface area contributed by atoms with Crippen LogP contribution in [0.25, 0.3) is 0 Å². The molecule has 0 aliphatic carbocycles. The summed E-state index contributed by atoms with van der Waals surface area (Å²) in [5.74, 6) is -0.875. The second-order valence-corrected chi connectivity index (χ2v) is 7.95. The molecule has 0 spiro atoms. The number of hydrogen-bond donors (Lipinski definition) is 2. The minimum absolute atomic E-state index is 0.143. The van der Waals surface area contributed by atoms with Crippen molar-refractivity contribution in [2.45, 2.75) is 64.1 Å². The smallest absolute Gasteiger partial charge is 0.410 e. The van der Waals surface area contributed by atoms with E-state index in [4.69, 9.17) is 10.5 Å². The summed E-state index contributed by atoms with van der Waals surface area (Å²) in [6.07, 6.45) is 0.666. The van der Waals surface area contributed by atoms with Crippen molar-refractivity contribution in [1.29, 1.82) is 0 Å². The minimum atomic E-state index is -0.810. The van der Waals surface area contributed by atoms with Gasteiger partial charge in [0.05, 0.1) is 0 Å². The maximum Gasteiger partial charge on any atom is 0.410 e. The van der Waals surface area contributed by atoms with Crippen LogP contribution in [-0.2, 0) is 14.3 Å². The molecule has 7 nitrogen and oxygen atoms in total. The van der Waals surface area contributed by atoms with Crippen molar-refractivity contribution >= 4 is 17.9 Å². The van der Waals surface area contributed by atoms with E-state index < -0.39 is 35.6 Å². The highest BCUT2D eigenvalue weighted by Gasteiger charge is 2.39. The van der Waals surface area contributed by atoms with Crippen molar-refractivity contribution < 1.29 is 19.1 Å². The van der Waals surface area contributed by atoms with Crippen LogP contribution in [0, 0.1) is 0 Å². The Morgan fingerprint density at radius 3 is 2.41 bits per heavy atom. The lowest BCUT2D eigenvalue weighted by Gasteiger charge is -2.39. The first-order valence-corrected chi connectivity index (χ1v) is 9.22. The monoisotopic (exact) mass is 375 g/mol. The van der Waals surface area contributed by atoms with E-state index in [2.05, 4.69) is 5.32 Å². The first-order valence-electron chi connectivity index (χ1n) is 9.22. The normalized spacial score (nSPS) is 21.3. The lowest BCUT2D eigenvalue weighted by molar-refractivity contribution is -0.131. The molecule has 1 aromatic rings. The topological polar surface area (TPSA) is 102 Å². The lowest BCUT2D eigenvalue weighted by Crippen LogP contribution is -2.56. The Balaban J connectivity index is 2.21. The number of nitrogens with zero attached hydrogens (tertiary/aromatic N) is 1. The zero-order valence-electron chi connectivity index (χ0n) is 16.4. The van der Waals surface area contributed by atoms with Crippen LogP contribution in [0.15, 0.2) is 30.3 Å². The molecule has 2 rings (SSSR count). The van der Waals surface area contributed by atoms with Gasteiger partial charge in [0, 0.05) is 6.54 Å². The Morgan fingerprint density at radius 1 is 1.22 bits per heavy atom. The van der Waals surface area contributed by atoms with Crippen LogP contribution < -0.4 is 11.1 Å². The number of hydrogen-bond acceptors (Lipinski definition) is 4. The summed E-state index contributed by atoms with van der Waals surface area (Å²) in [5.41, 5.74) is 5.72. The first-order chi connectivity index (χ1) is 12.6. The molecule has 1 aliphatic heterocycles. The van der Waals surface area contributed by atoms with Crippen LogP contribution in [-0.4, -0.2) is 47.0 Å². The number of benzene rings is 1. The summed E-state index contributed by atoms with van der Waals surface area (Å²) in [7, 11) is 0. The van der Waals surface area contributed by atoms with Gasteiger partial charge in [-0.1, -0.05) is 30.3 Å². The Morgan fingerprint density at radius 2 is 1.85 bits per heavy atom. The van der Waals surface area contributed by atoms with Gasteiger partial charge in [0.2, 0.25) is 11.8 Å². The van der Waals surface area contributed by atoms with E-state index in [1.54, 1.807) is 20.8 Å². The average Bonchev–Trinajstić information content (AvgIpc) is 2.60. The van der Waals surface area contributed by atoms with Gasteiger partial charge < -0.3 is 15.8 Å². The molecule has 7 heteroatoms. The predicted octanol–water partition coefficient (Wildman–Crippen LogP) is 2.16. The fourth-order valence-electron chi connectivity index (χ4n) is 3.16. The molecule has 3 N–H and O–H groups in total. The van der Waals surface area contributed by atoms with Crippen LogP contribution in [0.4, 0.5) is 4.79 Å². The van der Waals surface area contributed by atoms with Crippen LogP contribution in [0.5, 0.6) is 0 Å². The highest BCUT2D eigenvalue weighted by molar-refractivity contribution is 5.90. The Labute approximate surface area is 160 Å². The largest absolute Gasteiger partial charge is 0.444 e. The number of carbonyl (C=O) groups excluding carboxylic acids is 3. The highest BCUT2D eigenvalue weighted by atomic mass is 16.6. The fraction of sp³-hybridized carbons (Fsp3) is 0.550. The molecule has 0 unspecified atom stereocenters. The molecule has 1 aromatic carbocycles. The SMILES string of the molecule is C[C@H](NC(=O)[C@H]1C[C@@H](c2ccccc2)CCN1C(=O)OC(C)(C)C)C(N)=O. The Bertz CT molecular complexity index is 684. The van der Waals surface area contributed by atoms with Gasteiger partial charge in [0.15, 0.2) is 0 Å². The number of carbonyl (C=O) groups is 3. The molecule has 27 heavy (non-hydrogen) atoms. The molecule has 0 aromatic heterocycles. The zero-order chi connectivity index (χ0) is 20.2. The third-order valence-electron chi connectivity index (χ3n) is 4.59. The number of amides is 3. The maximum absolute atomic E-state index is 12.8. The van der Waals surface area contributed by atoms with Gasteiger partial charge in [0.25, 0.3) is 0 Å². The van der Waals surface area contributed by atoms with Gasteiger partial charge in [-0.15, -0.1) is 0 Å². The van der Waals surface area contributed by atoms with Crippen molar-refractivity contribution in [2.24, 2.45) is 5.73 Å². The number of ether oxygens (including phenoxy) is 1. The van der Waals surface area contributed by atoms with E-state index in [1.807, 2.05) is 30.3 Å². The van der Waals surface area contributed by atoms with Crippen molar-refractivity contribution in [3.05, 3.63) is 35.9 Å². The number of nitrogens with one attached hydrogen (secondary N) is 1. The predicted molar refractivity (Wildman–Crippen MR) is 102 cm³/mol. The minimum Gasteiger partial charge on any atom is -0.444 e. The molecule has 3 amide bonds. The van der Waals surface area contributed by atoms with Crippen molar-refractivity contribution in [2.75, 3.05) is 6.54 Å². The average molecular weight is 375 g/mol. The number of rotatable bonds is 4. The van der Waals surface area contributed by atoms with E-state index in [0.29, 0.717) is 13.0 Å². The van der Waals surface area contributed by atoms with Crippen LogP contribution in [0.2, 0.25) is 0 Å². The second-order valence-electron chi connectivity index (χ2n) is 7.95. The zero-order valence-corrected chi connectivity index (χ0v) is 16.4. The molecule has 1 saturated heterocycles. The van der Waals surface area contributed by atoms with Gasteiger partial charge in [-0.05, 0) is 52.0 Å². The second kappa shape index (κ2) is 8.41. The first kappa shape index (κ1) is 20.7. The number of primary amides is 1. The molecule has 0 bridgehead atoms. The molecule has 1 heterocycles. The van der Waals surface area contributed by atoms with Crippen molar-refractivity contribution in [3.63, 3.8) is 0 Å². The van der Waals surface area contributed by atoms with Crippen LogP contribution >= 0.6 is 0 Å². The summed E-state index contributed by atoms with van der Waals surface area (Å²) >= 11 is 0. The van der Waals surface area contributed by atoms with E-state index >= 15 is 0 Å². The molecular formula is C20H29N3O4. The highest BCUT2D eigenvalue weighted by Crippen LogP contribution is 2.32. The molecule has 0 radical (unpaired) electrons. The van der Waals surface area contributed by atoms with Crippen LogP contribution in [0.1, 0.15) is 52.0 Å². The standard InChI is InChI=1S/C20H29N3O4/c1-13(17(21)24)22-18(25)16-12-15(14-8-6-5-7-9-14)10-11-23(16)19(26)27-20(2,3)4/h5-9,13,15-16H,10-12H2,1-4H3,(H2,21,24)(H,22,25)/t13-,15-,16+/m0/s1. The number of piperidine rings is 1. The van der Waals surface area contributed by atoms with E-state index in [-0.39, 0.29) is 5.92 Å². The molecule has 3 atom stereocenters. The van der Waals surface area contributed by atoms with E-state index in [9.17, 15) is 14.4 Å². The number of nitrogens with two attached hydrogens (primary N) is 1. The van der Waals surface area contributed by atoms with E-state index in [0.717, 1.165) is 12.0 Å². The third kappa shape index (κ3) is 5.70. The Kier molecular flexibility index (Phi) is 6.46. The molecule has 1 fully saturated rings. The van der Waals surface area contributed by atoms with Gasteiger partial charge in [-0.3, -0.25) is 14.5 Å².